The van der Waals surface area contributed by atoms with E-state index in [4.69, 9.17) is 14.2 Å². The van der Waals surface area contributed by atoms with Crippen LogP contribution in [0.15, 0.2) is 0 Å². The molecule has 12 heavy (non-hydrogen) atoms. The van der Waals surface area contributed by atoms with E-state index in [1.54, 1.807) is 0 Å². The Morgan fingerprint density at radius 3 is 1.42 bits per heavy atom. The Kier molecular flexibility index (Phi) is 7.39. The molecule has 0 fully saturated rings. The summed E-state index contributed by atoms with van der Waals surface area (Å²) in [4.78, 5) is 0. The zero-order valence-electron chi connectivity index (χ0n) is 8.05. The van der Waals surface area contributed by atoms with Crippen molar-refractivity contribution in [2.24, 2.45) is 0 Å². The van der Waals surface area contributed by atoms with Gasteiger partial charge >= 0.3 is 85.9 Å². The fourth-order valence-electron chi connectivity index (χ4n) is 0.938. The Morgan fingerprint density at radius 1 is 0.917 bits per heavy atom. The fraction of sp³-hybridized carbons (Fsp3) is 1.00. The van der Waals surface area contributed by atoms with Crippen LogP contribution in [0.1, 0.15) is 20.8 Å². The van der Waals surface area contributed by atoms with Gasteiger partial charge in [-0.25, -0.2) is 0 Å². The SMILES string of the molecule is CCOC([CH2][Ti])(OCC)OCC. The van der Waals surface area contributed by atoms with E-state index in [0.29, 0.717) is 24.5 Å². The normalized spacial score (nSPS) is 11.8. The molecule has 71 valence electrons. The van der Waals surface area contributed by atoms with E-state index in [9.17, 15) is 0 Å². The molecule has 0 heterocycles. The minimum atomic E-state index is -0.807. The van der Waals surface area contributed by atoms with Crippen LogP contribution in [0.5, 0.6) is 0 Å². The summed E-state index contributed by atoms with van der Waals surface area (Å²) >= 11 is 1.99. The van der Waals surface area contributed by atoms with E-state index in [0.717, 1.165) is 0 Å². The molecular weight excluding hydrogens is 192 g/mol. The summed E-state index contributed by atoms with van der Waals surface area (Å²) in [5, 5.41) is 0. The monoisotopic (exact) mass is 209 g/mol. The number of hydrogen-bond donors (Lipinski definition) is 0. The molecule has 0 unspecified atom stereocenters. The molecule has 0 aromatic heterocycles. The van der Waals surface area contributed by atoms with Crippen molar-refractivity contribution in [3.05, 3.63) is 0 Å². The Morgan fingerprint density at radius 2 is 1.25 bits per heavy atom. The van der Waals surface area contributed by atoms with Crippen LogP contribution in [0.2, 0.25) is 4.73 Å². The Labute approximate surface area is 86.2 Å². The third kappa shape index (κ3) is 4.01. The van der Waals surface area contributed by atoms with E-state index in [-0.39, 0.29) is 0 Å². The van der Waals surface area contributed by atoms with Gasteiger partial charge < -0.3 is 0 Å². The first-order valence-electron chi connectivity index (χ1n) is 4.31. The Balaban J connectivity index is 4.06. The van der Waals surface area contributed by atoms with Gasteiger partial charge in [-0.1, -0.05) is 0 Å². The summed E-state index contributed by atoms with van der Waals surface area (Å²) in [6.07, 6.45) is 0. The van der Waals surface area contributed by atoms with Gasteiger partial charge in [0.15, 0.2) is 0 Å². The average Bonchev–Trinajstić information content (AvgIpc) is 2.06. The summed E-state index contributed by atoms with van der Waals surface area (Å²) in [5.74, 6) is -0.807. The first kappa shape index (κ1) is 12.6. The van der Waals surface area contributed by atoms with Crippen molar-refractivity contribution in [3.63, 3.8) is 0 Å². The average molecular weight is 209 g/mol. The molecule has 0 rings (SSSR count). The molecule has 0 saturated carbocycles. The molecule has 0 bridgehead atoms. The molecule has 0 saturated heterocycles. The van der Waals surface area contributed by atoms with Crippen LogP contribution in [-0.4, -0.2) is 25.8 Å². The first-order valence-corrected chi connectivity index (χ1v) is 5.41. The predicted molar refractivity (Wildman–Crippen MR) is 42.4 cm³/mol. The molecular formula is C8H17O3Ti. The Hall–Kier alpha value is 0.594. The molecule has 0 amide bonds. The van der Waals surface area contributed by atoms with Crippen molar-refractivity contribution in [1.82, 2.24) is 0 Å². The molecule has 0 aromatic rings. The summed E-state index contributed by atoms with van der Waals surface area (Å²) in [7, 11) is 0. The molecule has 0 aliphatic carbocycles. The summed E-state index contributed by atoms with van der Waals surface area (Å²) in [6.45, 7) is 7.61. The number of hydrogen-bond acceptors (Lipinski definition) is 3. The zero-order valence-corrected chi connectivity index (χ0v) is 9.61. The molecule has 0 atom stereocenters. The second-order valence-electron chi connectivity index (χ2n) is 2.16. The van der Waals surface area contributed by atoms with Crippen molar-refractivity contribution >= 4 is 0 Å². The van der Waals surface area contributed by atoms with Gasteiger partial charge in [-0.05, 0) is 0 Å². The van der Waals surface area contributed by atoms with Gasteiger partial charge in [0.2, 0.25) is 0 Å². The van der Waals surface area contributed by atoms with E-state index < -0.39 is 5.97 Å². The van der Waals surface area contributed by atoms with Crippen LogP contribution in [0, 0.1) is 0 Å². The predicted octanol–water partition coefficient (Wildman–Crippen LogP) is 1.71. The molecule has 0 spiro atoms. The summed E-state index contributed by atoms with van der Waals surface area (Å²) in [5.41, 5.74) is 0. The zero-order chi connectivity index (χ0) is 9.45. The summed E-state index contributed by atoms with van der Waals surface area (Å²) < 4.78 is 17.0. The second kappa shape index (κ2) is 7.04. The quantitative estimate of drug-likeness (QED) is 0.472. The first-order chi connectivity index (χ1) is 5.74. The molecule has 3 nitrogen and oxygen atoms in total. The maximum atomic E-state index is 5.42. The third-order valence-electron chi connectivity index (χ3n) is 1.31. The van der Waals surface area contributed by atoms with Gasteiger partial charge in [0, 0.05) is 0 Å². The van der Waals surface area contributed by atoms with Crippen LogP contribution >= 0.6 is 0 Å². The van der Waals surface area contributed by atoms with E-state index >= 15 is 0 Å². The molecule has 0 aliphatic rings. The molecule has 0 aromatic carbocycles. The fourth-order valence-corrected chi connectivity index (χ4v) is 1.42. The molecule has 0 radical (unpaired) electrons. The van der Waals surface area contributed by atoms with Crippen LogP contribution in [-0.2, 0) is 34.6 Å². The van der Waals surface area contributed by atoms with Crippen LogP contribution in [0.25, 0.3) is 0 Å². The second-order valence-corrected chi connectivity index (χ2v) is 2.71. The van der Waals surface area contributed by atoms with E-state index in [1.165, 1.54) is 0 Å². The van der Waals surface area contributed by atoms with E-state index in [1.807, 2.05) is 41.2 Å². The van der Waals surface area contributed by atoms with Crippen LogP contribution < -0.4 is 0 Å². The standard InChI is InChI=1S/C8H17O3.Ti/c1-5-9-8(4,10-6-2)11-7-3;/h4-7H2,1-3H3;. The van der Waals surface area contributed by atoms with Gasteiger partial charge in [0.1, 0.15) is 0 Å². The Bertz CT molecular complexity index is 91.5. The van der Waals surface area contributed by atoms with Crippen molar-refractivity contribution in [2.45, 2.75) is 31.5 Å². The van der Waals surface area contributed by atoms with E-state index in [2.05, 4.69) is 0 Å². The van der Waals surface area contributed by atoms with Gasteiger partial charge in [-0.15, -0.1) is 0 Å². The van der Waals surface area contributed by atoms with Gasteiger partial charge in [-0.2, -0.15) is 0 Å². The number of rotatable bonds is 7. The maximum absolute atomic E-state index is 5.42. The van der Waals surface area contributed by atoms with Crippen molar-refractivity contribution in [2.75, 3.05) is 19.8 Å². The van der Waals surface area contributed by atoms with Crippen LogP contribution in [0.3, 0.4) is 0 Å². The summed E-state index contributed by atoms with van der Waals surface area (Å²) in [6, 6.07) is 0. The molecule has 0 aliphatic heterocycles. The van der Waals surface area contributed by atoms with Gasteiger partial charge in [0.05, 0.1) is 0 Å². The topological polar surface area (TPSA) is 27.7 Å². The minimum absolute atomic E-state index is 0.605. The number of ether oxygens (including phenoxy) is 3. The van der Waals surface area contributed by atoms with Crippen molar-refractivity contribution in [1.29, 1.82) is 0 Å². The van der Waals surface area contributed by atoms with Crippen LogP contribution in [0.4, 0.5) is 0 Å². The molecule has 4 heteroatoms. The molecule has 0 N–H and O–H groups in total. The van der Waals surface area contributed by atoms with Gasteiger partial charge in [-0.3, -0.25) is 0 Å². The third-order valence-corrected chi connectivity index (χ3v) is 1.99. The van der Waals surface area contributed by atoms with Crippen molar-refractivity contribution in [3.8, 4) is 0 Å². The van der Waals surface area contributed by atoms with Crippen molar-refractivity contribution < 1.29 is 34.6 Å². The van der Waals surface area contributed by atoms with Gasteiger partial charge in [0.25, 0.3) is 0 Å².